The highest BCUT2D eigenvalue weighted by atomic mass is 19.4. The van der Waals surface area contributed by atoms with E-state index < -0.39 is 11.6 Å². The van der Waals surface area contributed by atoms with Gasteiger partial charge in [0.05, 0.1) is 5.41 Å². The molecule has 0 aromatic heterocycles. The van der Waals surface area contributed by atoms with E-state index in [0.29, 0.717) is 6.42 Å². The van der Waals surface area contributed by atoms with Crippen LogP contribution in [0.3, 0.4) is 0 Å². The summed E-state index contributed by atoms with van der Waals surface area (Å²) in [7, 11) is 0. The van der Waals surface area contributed by atoms with Crippen molar-refractivity contribution in [2.75, 3.05) is 0 Å². The molecule has 1 atom stereocenters. The van der Waals surface area contributed by atoms with Crippen LogP contribution in [0, 0.1) is 5.41 Å². The third-order valence-electron chi connectivity index (χ3n) is 2.27. The monoisotopic (exact) mass is 198 g/mol. The van der Waals surface area contributed by atoms with Crippen molar-refractivity contribution in [1.82, 2.24) is 0 Å². The van der Waals surface area contributed by atoms with E-state index in [4.69, 9.17) is 0 Å². The topological polar surface area (TPSA) is 0 Å². The molecule has 0 spiro atoms. The van der Waals surface area contributed by atoms with Gasteiger partial charge in [-0.3, -0.25) is 0 Å². The molecule has 0 radical (unpaired) electrons. The second kappa shape index (κ2) is 6.28. The Morgan fingerprint density at radius 3 is 1.46 bits per heavy atom. The third-order valence-corrected chi connectivity index (χ3v) is 2.27. The fraction of sp³-hybridized carbons (Fsp3) is 1.00. The first kappa shape index (κ1) is 15.3. The molecule has 0 aliphatic carbocycles. The Labute approximate surface area is 79.5 Å². The Bertz CT molecular complexity index is 118. The van der Waals surface area contributed by atoms with Crippen molar-refractivity contribution in [2.24, 2.45) is 5.41 Å². The third kappa shape index (κ3) is 4.53. The molecule has 0 aliphatic heterocycles. The van der Waals surface area contributed by atoms with Gasteiger partial charge in [0.15, 0.2) is 0 Å². The largest absolute Gasteiger partial charge is 0.394 e. The summed E-state index contributed by atoms with van der Waals surface area (Å²) >= 11 is 0. The highest BCUT2D eigenvalue weighted by Crippen LogP contribution is 2.43. The molecule has 0 amide bonds. The van der Waals surface area contributed by atoms with Crippen LogP contribution in [0.2, 0.25) is 0 Å². The number of hydrogen-bond donors (Lipinski definition) is 0. The average Bonchev–Trinajstić information content (AvgIpc) is 2.06. The van der Waals surface area contributed by atoms with Gasteiger partial charge in [0.2, 0.25) is 0 Å². The predicted octanol–water partition coefficient (Wildman–Crippen LogP) is 4.79. The number of hydrogen-bond acceptors (Lipinski definition) is 0. The molecule has 0 fully saturated rings. The predicted molar refractivity (Wildman–Crippen MR) is 50.7 cm³/mol. The van der Waals surface area contributed by atoms with Crippen LogP contribution in [-0.2, 0) is 0 Å². The zero-order valence-electron chi connectivity index (χ0n) is 9.26. The molecule has 0 heterocycles. The minimum absolute atomic E-state index is 0.171. The molecule has 3 heteroatoms. The lowest BCUT2D eigenvalue weighted by Crippen LogP contribution is -2.34. The molecular weight excluding hydrogens is 177 g/mol. The van der Waals surface area contributed by atoms with E-state index in [1.165, 1.54) is 6.92 Å². The summed E-state index contributed by atoms with van der Waals surface area (Å²) in [5.41, 5.74) is -1.47. The van der Waals surface area contributed by atoms with Crippen molar-refractivity contribution < 1.29 is 13.2 Å². The summed E-state index contributed by atoms with van der Waals surface area (Å²) in [6.07, 6.45) is -3.06. The minimum Gasteiger partial charge on any atom is -0.171 e. The first-order valence-corrected chi connectivity index (χ1v) is 4.94. The average molecular weight is 198 g/mol. The summed E-state index contributed by atoms with van der Waals surface area (Å²) in [6.45, 7) is 8.65. The summed E-state index contributed by atoms with van der Waals surface area (Å²) in [5.74, 6) is 0. The highest BCUT2D eigenvalue weighted by molar-refractivity contribution is 4.79. The van der Waals surface area contributed by atoms with E-state index >= 15 is 0 Å². The Kier molecular flexibility index (Phi) is 7.37. The molecule has 0 saturated carbocycles. The smallest absolute Gasteiger partial charge is 0.171 e. The molecule has 0 bridgehead atoms. The molecule has 0 nitrogen and oxygen atoms in total. The van der Waals surface area contributed by atoms with Gasteiger partial charge < -0.3 is 0 Å². The van der Waals surface area contributed by atoms with Crippen LogP contribution in [0.25, 0.3) is 0 Å². The molecule has 0 N–H and O–H groups in total. The minimum atomic E-state index is -4.04. The van der Waals surface area contributed by atoms with E-state index in [2.05, 4.69) is 0 Å². The highest BCUT2D eigenvalue weighted by Gasteiger charge is 2.48. The van der Waals surface area contributed by atoms with Gasteiger partial charge in [-0.2, -0.15) is 13.2 Å². The number of alkyl halides is 3. The lowest BCUT2D eigenvalue weighted by Gasteiger charge is -2.30. The summed E-state index contributed by atoms with van der Waals surface area (Å²) in [5, 5.41) is 0. The summed E-state index contributed by atoms with van der Waals surface area (Å²) < 4.78 is 36.9. The first-order chi connectivity index (χ1) is 5.87. The van der Waals surface area contributed by atoms with E-state index in [-0.39, 0.29) is 12.8 Å². The second-order valence-corrected chi connectivity index (χ2v) is 3.16. The molecule has 0 aromatic carbocycles. The van der Waals surface area contributed by atoms with Crippen molar-refractivity contribution in [3.63, 3.8) is 0 Å². The fourth-order valence-corrected chi connectivity index (χ4v) is 1.07. The standard InChI is InChI=1S/C8H15F3.C2H6/c1-4-6-7(3,5-2)8(9,10)11;1-2/h4-6H2,1-3H3;1-2H3. The van der Waals surface area contributed by atoms with Crippen LogP contribution in [0.15, 0.2) is 0 Å². The molecule has 1 unspecified atom stereocenters. The van der Waals surface area contributed by atoms with Crippen LogP contribution in [0.5, 0.6) is 0 Å². The van der Waals surface area contributed by atoms with Gasteiger partial charge in [-0.25, -0.2) is 0 Å². The summed E-state index contributed by atoms with van der Waals surface area (Å²) in [6, 6.07) is 0. The lowest BCUT2D eigenvalue weighted by atomic mass is 9.82. The SMILES string of the molecule is CC.CCCC(C)(CC)C(F)(F)F. The van der Waals surface area contributed by atoms with Gasteiger partial charge in [0, 0.05) is 0 Å². The van der Waals surface area contributed by atoms with Gasteiger partial charge in [-0.15, -0.1) is 0 Å². The molecule has 82 valence electrons. The van der Waals surface area contributed by atoms with E-state index in [1.54, 1.807) is 13.8 Å². The molecular formula is C10H21F3. The maximum Gasteiger partial charge on any atom is 0.394 e. The van der Waals surface area contributed by atoms with Crippen LogP contribution in [-0.4, -0.2) is 6.18 Å². The maximum atomic E-state index is 12.3. The Hall–Kier alpha value is -0.210. The van der Waals surface area contributed by atoms with E-state index in [0.717, 1.165) is 0 Å². The zero-order valence-corrected chi connectivity index (χ0v) is 9.26. The molecule has 0 aromatic rings. The summed E-state index contributed by atoms with van der Waals surface area (Å²) in [4.78, 5) is 0. The molecule has 0 rings (SSSR count). The van der Waals surface area contributed by atoms with Crippen molar-refractivity contribution in [1.29, 1.82) is 0 Å². The van der Waals surface area contributed by atoms with Crippen LogP contribution >= 0.6 is 0 Å². The molecule has 0 aliphatic rings. The van der Waals surface area contributed by atoms with Gasteiger partial charge in [-0.05, 0) is 12.8 Å². The second-order valence-electron chi connectivity index (χ2n) is 3.16. The molecule has 13 heavy (non-hydrogen) atoms. The van der Waals surface area contributed by atoms with Crippen LogP contribution in [0.4, 0.5) is 13.2 Å². The van der Waals surface area contributed by atoms with Crippen molar-refractivity contribution in [3.8, 4) is 0 Å². The van der Waals surface area contributed by atoms with Crippen LogP contribution < -0.4 is 0 Å². The van der Waals surface area contributed by atoms with E-state index in [9.17, 15) is 13.2 Å². The first-order valence-electron chi connectivity index (χ1n) is 4.94. The van der Waals surface area contributed by atoms with Crippen molar-refractivity contribution in [2.45, 2.75) is 60.1 Å². The van der Waals surface area contributed by atoms with Crippen molar-refractivity contribution >= 4 is 0 Å². The quantitative estimate of drug-likeness (QED) is 0.611. The fourth-order valence-electron chi connectivity index (χ4n) is 1.07. The van der Waals surface area contributed by atoms with E-state index in [1.807, 2.05) is 13.8 Å². The molecule has 0 saturated heterocycles. The van der Waals surface area contributed by atoms with Gasteiger partial charge in [-0.1, -0.05) is 41.0 Å². The van der Waals surface area contributed by atoms with Gasteiger partial charge in [0.1, 0.15) is 0 Å². The van der Waals surface area contributed by atoms with Crippen molar-refractivity contribution in [3.05, 3.63) is 0 Å². The zero-order chi connectivity index (χ0) is 11.1. The van der Waals surface area contributed by atoms with Crippen LogP contribution in [0.1, 0.15) is 53.9 Å². The maximum absolute atomic E-state index is 12.3. The lowest BCUT2D eigenvalue weighted by molar-refractivity contribution is -0.221. The van der Waals surface area contributed by atoms with Gasteiger partial charge >= 0.3 is 6.18 Å². The normalized spacial score (nSPS) is 15.7. The van der Waals surface area contributed by atoms with Gasteiger partial charge in [0.25, 0.3) is 0 Å². The Morgan fingerprint density at radius 2 is 1.38 bits per heavy atom. The number of halogens is 3. The number of rotatable bonds is 3. The Balaban J connectivity index is 0. The Morgan fingerprint density at radius 1 is 1.00 bits per heavy atom.